The average molecular weight is 299 g/mol. The van der Waals surface area contributed by atoms with E-state index in [1.165, 1.54) is 21.6 Å². The summed E-state index contributed by atoms with van der Waals surface area (Å²) in [4.78, 5) is 1.35. The number of nitrogens with one attached hydrogen (secondary N) is 1. The molecular formula is C19H25NS. The average Bonchev–Trinajstić information content (AvgIpc) is 2.50. The molecule has 2 aromatic carbocycles. The number of likely N-dealkylation sites (N-methyl/N-ethyl adjacent to an activating group) is 1. The van der Waals surface area contributed by atoms with Crippen molar-refractivity contribution in [2.75, 3.05) is 12.3 Å². The summed E-state index contributed by atoms with van der Waals surface area (Å²) in [6, 6.07) is 17.9. The van der Waals surface area contributed by atoms with Gasteiger partial charge in [0.25, 0.3) is 0 Å². The van der Waals surface area contributed by atoms with Gasteiger partial charge in [-0.05, 0) is 50.1 Å². The Balaban J connectivity index is 2.00. The molecule has 0 aliphatic heterocycles. The lowest BCUT2D eigenvalue weighted by atomic mass is 9.99. The summed E-state index contributed by atoms with van der Waals surface area (Å²) in [7, 11) is 0. The maximum Gasteiger partial charge on any atom is 0.0202 e. The number of rotatable bonds is 7. The fourth-order valence-electron chi connectivity index (χ4n) is 2.48. The largest absolute Gasteiger partial charge is 0.313 e. The number of thioether (sulfide) groups is 1. The molecule has 1 unspecified atom stereocenters. The molecule has 112 valence electrons. The minimum absolute atomic E-state index is 0.515. The fourth-order valence-corrected chi connectivity index (χ4v) is 3.46. The lowest BCUT2D eigenvalue weighted by Crippen LogP contribution is -2.33. The van der Waals surface area contributed by atoms with Gasteiger partial charge >= 0.3 is 0 Å². The Morgan fingerprint density at radius 1 is 1.05 bits per heavy atom. The van der Waals surface area contributed by atoms with Gasteiger partial charge in [-0.25, -0.2) is 0 Å². The molecule has 0 spiro atoms. The molecule has 0 bridgehead atoms. The maximum atomic E-state index is 3.63. The van der Waals surface area contributed by atoms with E-state index in [-0.39, 0.29) is 0 Å². The third-order valence-corrected chi connectivity index (χ3v) is 4.83. The minimum Gasteiger partial charge on any atom is -0.313 e. The van der Waals surface area contributed by atoms with Crippen LogP contribution in [-0.2, 0) is 6.42 Å². The molecule has 0 aromatic heterocycles. The first-order chi connectivity index (χ1) is 10.2. The van der Waals surface area contributed by atoms with Crippen LogP contribution >= 0.6 is 11.8 Å². The van der Waals surface area contributed by atoms with Gasteiger partial charge in [0.2, 0.25) is 0 Å². The van der Waals surface area contributed by atoms with E-state index < -0.39 is 0 Å². The molecule has 0 aliphatic rings. The van der Waals surface area contributed by atoms with Crippen LogP contribution in [0.25, 0.3) is 0 Å². The van der Waals surface area contributed by atoms with Gasteiger partial charge in [0.05, 0.1) is 0 Å². The van der Waals surface area contributed by atoms with Gasteiger partial charge in [-0.3, -0.25) is 0 Å². The molecule has 0 saturated carbocycles. The quantitative estimate of drug-likeness (QED) is 0.749. The zero-order chi connectivity index (χ0) is 15.1. The molecule has 1 atom stereocenters. The first kappa shape index (κ1) is 16.1. The van der Waals surface area contributed by atoms with Crippen molar-refractivity contribution in [1.82, 2.24) is 5.32 Å². The van der Waals surface area contributed by atoms with Crippen LogP contribution < -0.4 is 5.32 Å². The van der Waals surface area contributed by atoms with Gasteiger partial charge in [0.1, 0.15) is 0 Å². The van der Waals surface area contributed by atoms with Crippen LogP contribution in [0.15, 0.2) is 53.4 Å². The highest BCUT2D eigenvalue weighted by molar-refractivity contribution is 7.99. The third-order valence-electron chi connectivity index (χ3n) is 3.66. The summed E-state index contributed by atoms with van der Waals surface area (Å²) < 4.78 is 0. The van der Waals surface area contributed by atoms with E-state index in [2.05, 4.69) is 74.6 Å². The SMILES string of the molecule is CCNC(CSc1ccccc1)Cc1cc(C)ccc1C. The van der Waals surface area contributed by atoms with Crippen molar-refractivity contribution in [2.45, 2.75) is 38.1 Å². The molecule has 0 aliphatic carbocycles. The highest BCUT2D eigenvalue weighted by atomic mass is 32.2. The van der Waals surface area contributed by atoms with Crippen molar-refractivity contribution in [3.8, 4) is 0 Å². The molecule has 21 heavy (non-hydrogen) atoms. The van der Waals surface area contributed by atoms with Crippen molar-refractivity contribution in [1.29, 1.82) is 0 Å². The second kappa shape index (κ2) is 8.26. The van der Waals surface area contributed by atoms with E-state index in [9.17, 15) is 0 Å². The van der Waals surface area contributed by atoms with E-state index in [0.717, 1.165) is 18.7 Å². The second-order valence-electron chi connectivity index (χ2n) is 5.51. The van der Waals surface area contributed by atoms with E-state index in [1.807, 2.05) is 11.8 Å². The zero-order valence-electron chi connectivity index (χ0n) is 13.2. The third kappa shape index (κ3) is 5.22. The zero-order valence-corrected chi connectivity index (χ0v) is 14.0. The van der Waals surface area contributed by atoms with Crippen LogP contribution in [0.5, 0.6) is 0 Å². The summed E-state index contributed by atoms with van der Waals surface area (Å²) in [6.07, 6.45) is 1.10. The minimum atomic E-state index is 0.515. The second-order valence-corrected chi connectivity index (χ2v) is 6.61. The Morgan fingerprint density at radius 3 is 2.52 bits per heavy atom. The molecule has 0 heterocycles. The van der Waals surface area contributed by atoms with E-state index in [4.69, 9.17) is 0 Å². The molecular weight excluding hydrogens is 274 g/mol. The van der Waals surface area contributed by atoms with Gasteiger partial charge in [-0.15, -0.1) is 11.8 Å². The summed E-state index contributed by atoms with van der Waals surface area (Å²) in [5.41, 5.74) is 4.21. The van der Waals surface area contributed by atoms with Crippen molar-refractivity contribution in [3.05, 3.63) is 65.2 Å². The lowest BCUT2D eigenvalue weighted by molar-refractivity contribution is 0.571. The Bertz CT molecular complexity index is 551. The molecule has 2 aromatic rings. The predicted octanol–water partition coefficient (Wildman–Crippen LogP) is 4.62. The standard InChI is InChI=1S/C19H25NS/c1-4-20-18(14-21-19-8-6-5-7-9-19)13-17-12-15(2)10-11-16(17)3/h5-12,18,20H,4,13-14H2,1-3H3. The van der Waals surface area contributed by atoms with Crippen molar-refractivity contribution >= 4 is 11.8 Å². The van der Waals surface area contributed by atoms with Gasteiger partial charge < -0.3 is 5.32 Å². The van der Waals surface area contributed by atoms with Gasteiger partial charge in [0.15, 0.2) is 0 Å². The number of hydrogen-bond donors (Lipinski definition) is 1. The summed E-state index contributed by atoms with van der Waals surface area (Å²) in [6.45, 7) is 7.58. The molecule has 0 amide bonds. The summed E-state index contributed by atoms with van der Waals surface area (Å²) in [5, 5.41) is 3.63. The summed E-state index contributed by atoms with van der Waals surface area (Å²) in [5.74, 6) is 1.10. The van der Waals surface area contributed by atoms with Crippen LogP contribution in [0.4, 0.5) is 0 Å². The fraction of sp³-hybridized carbons (Fsp3) is 0.368. The monoisotopic (exact) mass is 299 g/mol. The molecule has 0 radical (unpaired) electrons. The molecule has 2 heteroatoms. The van der Waals surface area contributed by atoms with Crippen LogP contribution in [0, 0.1) is 13.8 Å². The van der Waals surface area contributed by atoms with Gasteiger partial charge in [-0.2, -0.15) is 0 Å². The number of aryl methyl sites for hydroxylation is 2. The highest BCUT2D eigenvalue weighted by Crippen LogP contribution is 2.20. The van der Waals surface area contributed by atoms with E-state index in [0.29, 0.717) is 6.04 Å². The van der Waals surface area contributed by atoms with Crippen LogP contribution in [0.3, 0.4) is 0 Å². The van der Waals surface area contributed by atoms with Crippen molar-refractivity contribution in [2.24, 2.45) is 0 Å². The Morgan fingerprint density at radius 2 is 1.81 bits per heavy atom. The molecule has 0 saturated heterocycles. The van der Waals surface area contributed by atoms with Gasteiger partial charge in [0, 0.05) is 16.7 Å². The first-order valence-electron chi connectivity index (χ1n) is 7.66. The molecule has 1 N–H and O–H groups in total. The van der Waals surface area contributed by atoms with E-state index in [1.54, 1.807) is 0 Å². The molecule has 1 nitrogen and oxygen atoms in total. The summed E-state index contributed by atoms with van der Waals surface area (Å²) >= 11 is 1.94. The van der Waals surface area contributed by atoms with Crippen LogP contribution in [-0.4, -0.2) is 18.3 Å². The van der Waals surface area contributed by atoms with Gasteiger partial charge in [-0.1, -0.05) is 48.9 Å². The normalized spacial score (nSPS) is 12.3. The predicted molar refractivity (Wildman–Crippen MR) is 94.3 cm³/mol. The number of benzene rings is 2. The van der Waals surface area contributed by atoms with Crippen LogP contribution in [0.2, 0.25) is 0 Å². The first-order valence-corrected chi connectivity index (χ1v) is 8.65. The van der Waals surface area contributed by atoms with Crippen LogP contribution in [0.1, 0.15) is 23.6 Å². The molecule has 2 rings (SSSR count). The van der Waals surface area contributed by atoms with Crippen molar-refractivity contribution in [3.63, 3.8) is 0 Å². The smallest absolute Gasteiger partial charge is 0.0202 e. The topological polar surface area (TPSA) is 12.0 Å². The van der Waals surface area contributed by atoms with Crippen molar-refractivity contribution < 1.29 is 0 Å². The molecule has 0 fully saturated rings. The highest BCUT2D eigenvalue weighted by Gasteiger charge is 2.11. The Hall–Kier alpha value is -1.25. The van der Waals surface area contributed by atoms with E-state index >= 15 is 0 Å². The maximum absolute atomic E-state index is 3.63. The lowest BCUT2D eigenvalue weighted by Gasteiger charge is -2.19. The Kier molecular flexibility index (Phi) is 6.34. The number of hydrogen-bond acceptors (Lipinski definition) is 2. The Labute approximate surface area is 133 Å².